The lowest BCUT2D eigenvalue weighted by Crippen LogP contribution is -2.19. The minimum atomic E-state index is 0.129. The van der Waals surface area contributed by atoms with E-state index >= 15 is 0 Å². The zero-order chi connectivity index (χ0) is 13.0. The summed E-state index contributed by atoms with van der Waals surface area (Å²) < 4.78 is 0. The molecule has 0 unspecified atom stereocenters. The largest absolute Gasteiger partial charge is 0.360 e. The molecule has 1 aliphatic carbocycles. The molecule has 18 heavy (non-hydrogen) atoms. The summed E-state index contributed by atoms with van der Waals surface area (Å²) in [5, 5.41) is 2.89. The van der Waals surface area contributed by atoms with Crippen LogP contribution < -0.4 is 10.2 Å². The second-order valence-electron chi connectivity index (χ2n) is 4.94. The number of pyridine rings is 1. The first kappa shape index (κ1) is 12.9. The Labute approximate surface area is 108 Å². The van der Waals surface area contributed by atoms with Crippen LogP contribution in [-0.4, -0.2) is 24.5 Å². The van der Waals surface area contributed by atoms with Gasteiger partial charge < -0.3 is 10.2 Å². The van der Waals surface area contributed by atoms with E-state index in [-0.39, 0.29) is 11.8 Å². The van der Waals surface area contributed by atoms with Crippen molar-refractivity contribution in [1.29, 1.82) is 0 Å². The van der Waals surface area contributed by atoms with Crippen molar-refractivity contribution in [1.82, 2.24) is 4.98 Å². The third-order valence-electron chi connectivity index (χ3n) is 3.20. The molecular formula is C14H21N3O. The fraction of sp³-hybridized carbons (Fsp3) is 0.571. The number of nitrogens with zero attached hydrogens (tertiary/aromatic N) is 2. The average Bonchev–Trinajstić information content (AvgIpc) is 3.21. The van der Waals surface area contributed by atoms with Crippen LogP contribution in [0, 0.1) is 5.92 Å². The predicted molar refractivity (Wildman–Crippen MR) is 73.8 cm³/mol. The van der Waals surface area contributed by atoms with Gasteiger partial charge in [0.2, 0.25) is 5.91 Å². The number of nitrogens with one attached hydrogen (secondary N) is 1. The van der Waals surface area contributed by atoms with Crippen molar-refractivity contribution in [2.75, 3.05) is 23.8 Å². The molecular weight excluding hydrogens is 226 g/mol. The molecule has 2 rings (SSSR count). The zero-order valence-corrected chi connectivity index (χ0v) is 11.1. The molecule has 1 heterocycles. The molecule has 1 N–H and O–H groups in total. The fourth-order valence-corrected chi connectivity index (χ4v) is 1.79. The Hall–Kier alpha value is -1.58. The summed E-state index contributed by atoms with van der Waals surface area (Å²) in [5.41, 5.74) is 0.791. The number of unbranched alkanes of at least 4 members (excludes halogenated alkanes) is 1. The molecule has 1 amide bonds. The lowest BCUT2D eigenvalue weighted by molar-refractivity contribution is -0.117. The highest BCUT2D eigenvalue weighted by atomic mass is 16.2. The molecule has 4 nitrogen and oxygen atoms in total. The Morgan fingerprint density at radius 1 is 1.50 bits per heavy atom. The summed E-state index contributed by atoms with van der Waals surface area (Å²) in [7, 11) is 2.04. The van der Waals surface area contributed by atoms with Crippen LogP contribution in [0.3, 0.4) is 0 Å². The number of hydrogen-bond acceptors (Lipinski definition) is 3. The summed E-state index contributed by atoms with van der Waals surface area (Å²) >= 11 is 0. The Morgan fingerprint density at radius 2 is 2.28 bits per heavy atom. The van der Waals surface area contributed by atoms with Crippen molar-refractivity contribution in [2.45, 2.75) is 32.6 Å². The van der Waals surface area contributed by atoms with Gasteiger partial charge in [0.05, 0.1) is 11.9 Å². The van der Waals surface area contributed by atoms with Gasteiger partial charge in [0.25, 0.3) is 0 Å². The Balaban J connectivity index is 1.89. The fourth-order valence-electron chi connectivity index (χ4n) is 1.79. The maximum Gasteiger partial charge on any atom is 0.227 e. The molecule has 1 aromatic heterocycles. The van der Waals surface area contributed by atoms with Gasteiger partial charge in [-0.1, -0.05) is 13.3 Å². The quantitative estimate of drug-likeness (QED) is 0.840. The highest BCUT2D eigenvalue weighted by Crippen LogP contribution is 2.30. The van der Waals surface area contributed by atoms with E-state index in [4.69, 9.17) is 0 Å². The van der Waals surface area contributed by atoms with Crippen molar-refractivity contribution in [3.8, 4) is 0 Å². The average molecular weight is 247 g/mol. The van der Waals surface area contributed by atoms with Crippen LogP contribution in [-0.2, 0) is 4.79 Å². The summed E-state index contributed by atoms with van der Waals surface area (Å²) in [6, 6.07) is 3.88. The lowest BCUT2D eigenvalue weighted by atomic mass is 10.3. The van der Waals surface area contributed by atoms with Crippen LogP contribution in [0.4, 0.5) is 11.5 Å². The maximum atomic E-state index is 11.6. The molecule has 0 spiro atoms. The third-order valence-corrected chi connectivity index (χ3v) is 3.20. The lowest BCUT2D eigenvalue weighted by Gasteiger charge is -2.17. The number of rotatable bonds is 6. The molecule has 0 radical (unpaired) electrons. The van der Waals surface area contributed by atoms with Gasteiger partial charge in [-0.15, -0.1) is 0 Å². The summed E-state index contributed by atoms with van der Waals surface area (Å²) in [6.07, 6.45) is 6.13. The summed E-state index contributed by atoms with van der Waals surface area (Å²) in [6.45, 7) is 3.19. The standard InChI is InChI=1S/C14H21N3O/c1-3-4-9-17(2)13-8-7-12(10-15-13)16-14(18)11-5-6-11/h7-8,10-11H,3-6,9H2,1-2H3,(H,16,18). The van der Waals surface area contributed by atoms with Gasteiger partial charge in [-0.2, -0.15) is 0 Å². The van der Waals surface area contributed by atoms with E-state index in [2.05, 4.69) is 22.1 Å². The van der Waals surface area contributed by atoms with Crippen LogP contribution in [0.2, 0.25) is 0 Å². The molecule has 1 aromatic rings. The predicted octanol–water partition coefficient (Wildman–Crippen LogP) is 2.67. The van der Waals surface area contributed by atoms with Crippen LogP contribution >= 0.6 is 0 Å². The van der Waals surface area contributed by atoms with Gasteiger partial charge >= 0.3 is 0 Å². The molecule has 1 aliphatic rings. The third kappa shape index (κ3) is 3.45. The van der Waals surface area contributed by atoms with E-state index in [1.54, 1.807) is 6.20 Å². The Morgan fingerprint density at radius 3 is 2.83 bits per heavy atom. The van der Waals surface area contributed by atoms with Crippen molar-refractivity contribution in [2.24, 2.45) is 5.92 Å². The molecule has 0 saturated heterocycles. The molecule has 0 atom stereocenters. The monoisotopic (exact) mass is 247 g/mol. The Kier molecular flexibility index (Phi) is 4.18. The smallest absolute Gasteiger partial charge is 0.227 e. The summed E-state index contributed by atoms with van der Waals surface area (Å²) in [5.74, 6) is 1.31. The Bertz CT molecular complexity index is 398. The van der Waals surface area contributed by atoms with Crippen LogP contribution in [0.15, 0.2) is 18.3 Å². The normalized spacial score (nSPS) is 14.3. The van der Waals surface area contributed by atoms with E-state index in [9.17, 15) is 4.79 Å². The van der Waals surface area contributed by atoms with Gasteiger partial charge in [-0.05, 0) is 31.4 Å². The molecule has 4 heteroatoms. The van der Waals surface area contributed by atoms with E-state index < -0.39 is 0 Å². The van der Waals surface area contributed by atoms with E-state index in [0.29, 0.717) is 0 Å². The highest BCUT2D eigenvalue weighted by Gasteiger charge is 2.29. The SMILES string of the molecule is CCCCN(C)c1ccc(NC(=O)C2CC2)cn1. The molecule has 0 aliphatic heterocycles. The minimum absolute atomic E-state index is 0.129. The van der Waals surface area contributed by atoms with Crippen molar-refractivity contribution in [3.05, 3.63) is 18.3 Å². The second kappa shape index (κ2) is 5.85. The molecule has 1 fully saturated rings. The zero-order valence-electron chi connectivity index (χ0n) is 11.1. The van der Waals surface area contributed by atoms with Gasteiger partial charge in [0, 0.05) is 19.5 Å². The first-order valence-corrected chi connectivity index (χ1v) is 6.68. The number of carbonyl (C=O) groups is 1. The van der Waals surface area contributed by atoms with Gasteiger partial charge in [0.15, 0.2) is 0 Å². The maximum absolute atomic E-state index is 11.6. The van der Waals surface area contributed by atoms with Crippen LogP contribution in [0.5, 0.6) is 0 Å². The number of hydrogen-bond donors (Lipinski definition) is 1. The van der Waals surface area contributed by atoms with Crippen LogP contribution in [0.25, 0.3) is 0 Å². The molecule has 0 bridgehead atoms. The van der Waals surface area contributed by atoms with Crippen molar-refractivity contribution < 1.29 is 4.79 Å². The summed E-state index contributed by atoms with van der Waals surface area (Å²) in [4.78, 5) is 18.1. The second-order valence-corrected chi connectivity index (χ2v) is 4.94. The molecule has 1 saturated carbocycles. The van der Waals surface area contributed by atoms with Crippen LogP contribution in [0.1, 0.15) is 32.6 Å². The number of anilines is 2. The van der Waals surface area contributed by atoms with E-state index in [1.165, 1.54) is 12.8 Å². The van der Waals surface area contributed by atoms with Gasteiger partial charge in [-0.3, -0.25) is 4.79 Å². The topological polar surface area (TPSA) is 45.2 Å². The van der Waals surface area contributed by atoms with E-state index in [0.717, 1.165) is 30.9 Å². The number of carbonyl (C=O) groups excluding carboxylic acids is 1. The number of aromatic nitrogens is 1. The van der Waals surface area contributed by atoms with Crippen molar-refractivity contribution >= 4 is 17.4 Å². The first-order chi connectivity index (χ1) is 8.70. The van der Waals surface area contributed by atoms with Gasteiger partial charge in [-0.25, -0.2) is 4.98 Å². The minimum Gasteiger partial charge on any atom is -0.360 e. The number of amides is 1. The highest BCUT2D eigenvalue weighted by molar-refractivity contribution is 5.93. The van der Waals surface area contributed by atoms with Crippen molar-refractivity contribution in [3.63, 3.8) is 0 Å². The first-order valence-electron chi connectivity index (χ1n) is 6.68. The molecule has 98 valence electrons. The molecule has 0 aromatic carbocycles. The van der Waals surface area contributed by atoms with Gasteiger partial charge in [0.1, 0.15) is 5.82 Å². The van der Waals surface area contributed by atoms with E-state index in [1.807, 2.05) is 19.2 Å².